The van der Waals surface area contributed by atoms with E-state index < -0.39 is 35.6 Å². The van der Waals surface area contributed by atoms with E-state index in [-0.39, 0.29) is 43.7 Å². The van der Waals surface area contributed by atoms with Crippen LogP contribution in [0.15, 0.2) is 34.7 Å². The number of amides is 4. The van der Waals surface area contributed by atoms with Crippen LogP contribution in [-0.2, 0) is 16.1 Å². The third-order valence-corrected chi connectivity index (χ3v) is 4.79. The number of rotatable bonds is 5. The molecule has 1 saturated heterocycles. The molecule has 3 heterocycles. The standard InChI is InChI=1S/C19H15N3O7.CH4/c23-14-7-5-12(16(24)21-14)22-17(25)10-2-1-3-11(15(10)18(22)26)20-8-9-4-6-13(29-9)19(27)28;/h1-4,6,12,20H,5,7-8H2,(H,27,28)(H,21,23,24);1H4. The van der Waals surface area contributed by atoms with Crippen molar-refractivity contribution in [2.75, 3.05) is 5.32 Å². The highest BCUT2D eigenvalue weighted by molar-refractivity contribution is 6.25. The zero-order valence-electron chi connectivity index (χ0n) is 14.9. The van der Waals surface area contributed by atoms with Gasteiger partial charge in [-0.3, -0.25) is 29.4 Å². The van der Waals surface area contributed by atoms with E-state index in [1.807, 2.05) is 0 Å². The van der Waals surface area contributed by atoms with Gasteiger partial charge in [-0.15, -0.1) is 0 Å². The summed E-state index contributed by atoms with van der Waals surface area (Å²) < 4.78 is 5.17. The molecule has 0 aliphatic carbocycles. The van der Waals surface area contributed by atoms with Crippen molar-refractivity contribution in [3.8, 4) is 0 Å². The number of imide groups is 2. The molecular weight excluding hydrogens is 394 g/mol. The Labute approximate surface area is 170 Å². The van der Waals surface area contributed by atoms with E-state index in [0.29, 0.717) is 11.4 Å². The number of furan rings is 1. The fourth-order valence-electron chi connectivity index (χ4n) is 3.43. The Morgan fingerprint density at radius 3 is 2.60 bits per heavy atom. The highest BCUT2D eigenvalue weighted by Crippen LogP contribution is 2.32. The molecule has 4 amide bonds. The van der Waals surface area contributed by atoms with Crippen molar-refractivity contribution < 1.29 is 33.5 Å². The molecule has 0 bridgehead atoms. The van der Waals surface area contributed by atoms with Gasteiger partial charge in [-0.25, -0.2) is 4.79 Å². The number of carbonyl (C=O) groups is 5. The van der Waals surface area contributed by atoms with Gasteiger partial charge in [0.15, 0.2) is 0 Å². The number of aromatic carboxylic acids is 1. The smallest absolute Gasteiger partial charge is 0.371 e. The van der Waals surface area contributed by atoms with E-state index >= 15 is 0 Å². The van der Waals surface area contributed by atoms with Gasteiger partial charge in [0.2, 0.25) is 17.6 Å². The van der Waals surface area contributed by atoms with Crippen molar-refractivity contribution >= 4 is 35.3 Å². The number of piperidine rings is 1. The highest BCUT2D eigenvalue weighted by atomic mass is 16.4. The van der Waals surface area contributed by atoms with Gasteiger partial charge in [-0.05, 0) is 30.7 Å². The normalized spacial score (nSPS) is 18.0. The molecule has 1 aromatic carbocycles. The lowest BCUT2D eigenvalue weighted by Gasteiger charge is -2.27. The number of fused-ring (bicyclic) bond motifs is 1. The number of carbonyl (C=O) groups excluding carboxylic acids is 4. The fraction of sp³-hybridized carbons (Fsp3) is 0.250. The number of hydrogen-bond acceptors (Lipinski definition) is 7. The Bertz CT molecular complexity index is 1070. The molecule has 1 atom stereocenters. The Morgan fingerprint density at radius 2 is 1.93 bits per heavy atom. The molecule has 2 aromatic rings. The molecule has 10 nitrogen and oxygen atoms in total. The number of carboxylic acids is 1. The maximum atomic E-state index is 13.0. The predicted molar refractivity (Wildman–Crippen MR) is 103 cm³/mol. The van der Waals surface area contributed by atoms with Crippen molar-refractivity contribution in [1.29, 1.82) is 0 Å². The van der Waals surface area contributed by atoms with Gasteiger partial charge in [-0.2, -0.15) is 0 Å². The molecule has 10 heteroatoms. The van der Waals surface area contributed by atoms with Crippen LogP contribution in [0.25, 0.3) is 0 Å². The molecule has 3 N–H and O–H groups in total. The molecule has 0 radical (unpaired) electrons. The zero-order chi connectivity index (χ0) is 20.7. The van der Waals surface area contributed by atoms with Gasteiger partial charge in [-0.1, -0.05) is 13.5 Å². The summed E-state index contributed by atoms with van der Waals surface area (Å²) in [6.45, 7) is 0.0869. The summed E-state index contributed by atoms with van der Waals surface area (Å²) in [6.07, 6.45) is 0.114. The van der Waals surface area contributed by atoms with Gasteiger partial charge in [0.25, 0.3) is 11.8 Å². The molecular formula is C20H19N3O7. The summed E-state index contributed by atoms with van der Waals surface area (Å²) in [5.74, 6) is -3.43. The Morgan fingerprint density at radius 1 is 1.17 bits per heavy atom. The van der Waals surface area contributed by atoms with Crippen molar-refractivity contribution in [3.63, 3.8) is 0 Å². The van der Waals surface area contributed by atoms with Crippen LogP contribution < -0.4 is 10.6 Å². The van der Waals surface area contributed by atoms with Crippen LogP contribution in [-0.4, -0.2) is 45.6 Å². The highest BCUT2D eigenvalue weighted by Gasteiger charge is 2.45. The fourth-order valence-corrected chi connectivity index (χ4v) is 3.43. The average Bonchev–Trinajstić information content (AvgIpc) is 3.25. The summed E-state index contributed by atoms with van der Waals surface area (Å²) in [5, 5.41) is 14.0. The molecule has 30 heavy (non-hydrogen) atoms. The molecule has 0 saturated carbocycles. The summed E-state index contributed by atoms with van der Waals surface area (Å²) in [6, 6.07) is 6.43. The van der Waals surface area contributed by atoms with Crippen LogP contribution in [0.1, 0.15) is 57.3 Å². The van der Waals surface area contributed by atoms with Crippen molar-refractivity contribution in [3.05, 3.63) is 53.0 Å². The Kier molecular flexibility index (Phi) is 5.41. The first-order chi connectivity index (χ1) is 13.9. The SMILES string of the molecule is C.O=C1CCC(N2C(=O)c3cccc(NCc4ccc(C(=O)O)o4)c3C2=O)C(=O)N1. The minimum atomic E-state index is -1.20. The second kappa shape index (κ2) is 7.82. The largest absolute Gasteiger partial charge is 0.475 e. The first kappa shape index (κ1) is 20.8. The van der Waals surface area contributed by atoms with Crippen LogP contribution in [0, 0.1) is 0 Å². The second-order valence-corrected chi connectivity index (χ2v) is 6.60. The number of hydrogen-bond donors (Lipinski definition) is 3. The molecule has 4 rings (SSSR count). The lowest BCUT2D eigenvalue weighted by molar-refractivity contribution is -0.136. The van der Waals surface area contributed by atoms with Gasteiger partial charge in [0, 0.05) is 12.1 Å². The van der Waals surface area contributed by atoms with Crippen LogP contribution in [0.2, 0.25) is 0 Å². The summed E-state index contributed by atoms with van der Waals surface area (Å²) in [5.41, 5.74) is 0.617. The number of benzene rings is 1. The number of carboxylic acid groups (broad SMARTS) is 1. The number of nitrogens with zero attached hydrogens (tertiary/aromatic N) is 1. The van der Waals surface area contributed by atoms with E-state index in [4.69, 9.17) is 9.52 Å². The van der Waals surface area contributed by atoms with E-state index in [1.54, 1.807) is 12.1 Å². The molecule has 1 fully saturated rings. The van der Waals surface area contributed by atoms with Gasteiger partial charge in [0.1, 0.15) is 11.8 Å². The van der Waals surface area contributed by atoms with Crippen LogP contribution in [0.3, 0.4) is 0 Å². The van der Waals surface area contributed by atoms with E-state index in [9.17, 15) is 24.0 Å². The molecule has 2 aliphatic rings. The quantitative estimate of drug-likeness (QED) is 0.627. The van der Waals surface area contributed by atoms with Crippen LogP contribution in [0.4, 0.5) is 5.69 Å². The molecule has 0 spiro atoms. The lowest BCUT2D eigenvalue weighted by Crippen LogP contribution is -2.54. The van der Waals surface area contributed by atoms with Crippen LogP contribution >= 0.6 is 0 Å². The lowest BCUT2D eigenvalue weighted by atomic mass is 10.0. The Balaban J connectivity index is 0.00000256. The average molecular weight is 413 g/mol. The minimum absolute atomic E-state index is 0. The van der Waals surface area contributed by atoms with Gasteiger partial charge in [0.05, 0.1) is 17.7 Å². The topological polar surface area (TPSA) is 146 Å². The third kappa shape index (κ3) is 3.43. The predicted octanol–water partition coefficient (Wildman–Crippen LogP) is 1.63. The van der Waals surface area contributed by atoms with Gasteiger partial charge >= 0.3 is 5.97 Å². The maximum Gasteiger partial charge on any atom is 0.371 e. The van der Waals surface area contributed by atoms with Crippen molar-refractivity contribution in [2.45, 2.75) is 32.9 Å². The molecule has 2 aliphatic heterocycles. The second-order valence-electron chi connectivity index (χ2n) is 6.60. The summed E-state index contributed by atoms with van der Waals surface area (Å²) >= 11 is 0. The summed E-state index contributed by atoms with van der Waals surface area (Å²) in [7, 11) is 0. The monoisotopic (exact) mass is 413 g/mol. The number of nitrogens with one attached hydrogen (secondary N) is 2. The first-order valence-corrected chi connectivity index (χ1v) is 8.77. The molecule has 1 unspecified atom stereocenters. The van der Waals surface area contributed by atoms with Crippen LogP contribution in [0.5, 0.6) is 0 Å². The molecule has 1 aromatic heterocycles. The van der Waals surface area contributed by atoms with Crippen molar-refractivity contribution in [2.24, 2.45) is 0 Å². The van der Waals surface area contributed by atoms with E-state index in [2.05, 4.69) is 10.6 Å². The Hall–Kier alpha value is -3.95. The maximum absolute atomic E-state index is 13.0. The number of anilines is 1. The van der Waals surface area contributed by atoms with E-state index in [0.717, 1.165) is 4.90 Å². The minimum Gasteiger partial charge on any atom is -0.475 e. The van der Waals surface area contributed by atoms with Gasteiger partial charge < -0.3 is 14.8 Å². The van der Waals surface area contributed by atoms with E-state index in [1.165, 1.54) is 18.2 Å². The molecule has 156 valence electrons. The zero-order valence-corrected chi connectivity index (χ0v) is 14.9. The summed E-state index contributed by atoms with van der Waals surface area (Å²) in [4.78, 5) is 61.0. The van der Waals surface area contributed by atoms with Crippen molar-refractivity contribution in [1.82, 2.24) is 10.2 Å². The first-order valence-electron chi connectivity index (χ1n) is 8.77. The third-order valence-electron chi connectivity index (χ3n) is 4.79.